The Morgan fingerprint density at radius 1 is 1.35 bits per heavy atom. The third kappa shape index (κ3) is 5.01. The first kappa shape index (κ1) is 15.6. The number of nitrogens with one attached hydrogen (secondary N) is 1. The number of carbonyl (C=O) groups excluding carboxylic acids is 2. The molecule has 0 radical (unpaired) electrons. The lowest BCUT2D eigenvalue weighted by Crippen LogP contribution is -2.31. The van der Waals surface area contributed by atoms with Crippen LogP contribution in [0.3, 0.4) is 0 Å². The van der Waals surface area contributed by atoms with E-state index in [9.17, 15) is 19.7 Å². The summed E-state index contributed by atoms with van der Waals surface area (Å²) in [6.07, 6.45) is 2.26. The van der Waals surface area contributed by atoms with Crippen molar-refractivity contribution < 1.29 is 14.5 Å². The second-order valence-corrected chi connectivity index (χ2v) is 4.51. The average molecular weight is 276 g/mol. The molecule has 106 valence electrons. The van der Waals surface area contributed by atoms with Crippen LogP contribution in [0, 0.1) is 10.1 Å². The van der Waals surface area contributed by atoms with Crippen LogP contribution in [-0.4, -0.2) is 22.7 Å². The fourth-order valence-electron chi connectivity index (χ4n) is 1.57. The van der Waals surface area contributed by atoms with Gasteiger partial charge in [0.2, 0.25) is 5.91 Å². The van der Waals surface area contributed by atoms with Gasteiger partial charge in [-0.2, -0.15) is 0 Å². The molecule has 20 heavy (non-hydrogen) atoms. The van der Waals surface area contributed by atoms with Crippen LogP contribution in [0.5, 0.6) is 0 Å². The third-order valence-electron chi connectivity index (χ3n) is 2.37. The highest BCUT2D eigenvalue weighted by molar-refractivity contribution is 6.05. The lowest BCUT2D eigenvalue weighted by Gasteiger charge is -2.06. The van der Waals surface area contributed by atoms with Gasteiger partial charge < -0.3 is 5.32 Å². The van der Waals surface area contributed by atoms with E-state index in [4.69, 9.17) is 0 Å². The zero-order valence-corrected chi connectivity index (χ0v) is 11.3. The van der Waals surface area contributed by atoms with Crippen LogP contribution in [0.15, 0.2) is 30.3 Å². The molecule has 0 fully saturated rings. The highest BCUT2D eigenvalue weighted by Gasteiger charge is 2.11. The van der Waals surface area contributed by atoms with Crippen LogP contribution in [0.2, 0.25) is 0 Å². The van der Waals surface area contributed by atoms with Crippen LogP contribution in [-0.2, 0) is 9.59 Å². The molecule has 0 atom stereocenters. The third-order valence-corrected chi connectivity index (χ3v) is 2.37. The second kappa shape index (κ2) is 7.18. The second-order valence-electron chi connectivity index (χ2n) is 4.51. The quantitative estimate of drug-likeness (QED) is 0.373. The number of ketones is 1. The lowest BCUT2D eigenvalue weighted by molar-refractivity contribution is -0.385. The molecule has 6 heteroatoms. The number of hydrogen-bond donors (Lipinski definition) is 1. The number of carbonyl (C=O) groups is 2. The van der Waals surface area contributed by atoms with Crippen LogP contribution in [0.1, 0.15) is 25.8 Å². The van der Waals surface area contributed by atoms with E-state index < -0.39 is 10.7 Å². The zero-order chi connectivity index (χ0) is 15.1. The molecule has 1 aromatic rings. The Labute approximate surface area is 116 Å². The number of nitrogens with zero attached hydrogens (tertiary/aromatic N) is 1. The first-order valence-corrected chi connectivity index (χ1v) is 6.14. The van der Waals surface area contributed by atoms with Crippen molar-refractivity contribution in [3.05, 3.63) is 46.0 Å². The Kier molecular flexibility index (Phi) is 5.58. The number of benzene rings is 1. The topological polar surface area (TPSA) is 89.3 Å². The van der Waals surface area contributed by atoms with Crippen LogP contribution in [0.4, 0.5) is 5.69 Å². The van der Waals surface area contributed by atoms with Gasteiger partial charge in [0.05, 0.1) is 16.9 Å². The van der Waals surface area contributed by atoms with Gasteiger partial charge in [-0.25, -0.2) is 0 Å². The van der Waals surface area contributed by atoms with Gasteiger partial charge in [-0.05, 0) is 32.1 Å². The Morgan fingerprint density at radius 3 is 2.60 bits per heavy atom. The zero-order valence-electron chi connectivity index (χ0n) is 11.3. The minimum atomic E-state index is -0.518. The van der Waals surface area contributed by atoms with E-state index in [0.717, 1.165) is 0 Å². The fourth-order valence-corrected chi connectivity index (χ4v) is 1.57. The van der Waals surface area contributed by atoms with E-state index in [-0.39, 0.29) is 24.1 Å². The van der Waals surface area contributed by atoms with Crippen molar-refractivity contribution in [3.8, 4) is 0 Å². The molecule has 6 nitrogen and oxygen atoms in total. The van der Waals surface area contributed by atoms with Crippen molar-refractivity contribution in [3.63, 3.8) is 0 Å². The van der Waals surface area contributed by atoms with E-state index in [2.05, 4.69) is 5.32 Å². The largest absolute Gasteiger partial charge is 0.354 e. The van der Waals surface area contributed by atoms with Crippen LogP contribution in [0.25, 0.3) is 6.08 Å². The number of para-hydroxylation sites is 1. The van der Waals surface area contributed by atoms with E-state index >= 15 is 0 Å². The first-order valence-electron chi connectivity index (χ1n) is 6.14. The molecule has 1 aromatic carbocycles. The minimum absolute atomic E-state index is 0.0329. The van der Waals surface area contributed by atoms with Crippen molar-refractivity contribution >= 4 is 23.5 Å². The van der Waals surface area contributed by atoms with Crippen molar-refractivity contribution in [2.75, 3.05) is 0 Å². The predicted octanol–water partition coefficient (Wildman–Crippen LogP) is 2.09. The summed E-state index contributed by atoms with van der Waals surface area (Å²) >= 11 is 0. The first-order chi connectivity index (χ1) is 9.40. The maximum atomic E-state index is 11.6. The van der Waals surface area contributed by atoms with Crippen molar-refractivity contribution in [1.82, 2.24) is 5.32 Å². The Morgan fingerprint density at radius 2 is 2.00 bits per heavy atom. The van der Waals surface area contributed by atoms with Crippen LogP contribution < -0.4 is 5.32 Å². The Balaban J connectivity index is 2.71. The standard InChI is InChI=1S/C14H16N2O4/c1-10(2)15-14(18)9-12(17)8-7-11-5-3-4-6-13(11)16(19)20/h3-8,10H,9H2,1-2H3,(H,15,18). The van der Waals surface area contributed by atoms with Crippen molar-refractivity contribution in [1.29, 1.82) is 0 Å². The van der Waals surface area contributed by atoms with E-state index in [1.807, 2.05) is 0 Å². The van der Waals surface area contributed by atoms with E-state index in [0.29, 0.717) is 5.56 Å². The van der Waals surface area contributed by atoms with Gasteiger partial charge in [-0.3, -0.25) is 19.7 Å². The molecule has 0 unspecified atom stereocenters. The summed E-state index contributed by atoms with van der Waals surface area (Å²) in [5.74, 6) is -0.765. The Hall–Kier alpha value is -2.50. The van der Waals surface area contributed by atoms with Gasteiger partial charge in [-0.1, -0.05) is 12.1 Å². The molecule has 1 amide bonds. The average Bonchev–Trinajstić information content (AvgIpc) is 2.35. The summed E-state index contributed by atoms with van der Waals surface area (Å²) < 4.78 is 0. The molecule has 0 saturated heterocycles. The monoisotopic (exact) mass is 276 g/mol. The molecule has 0 aromatic heterocycles. The van der Waals surface area contributed by atoms with E-state index in [1.54, 1.807) is 26.0 Å². The summed E-state index contributed by atoms with van der Waals surface area (Å²) in [6.45, 7) is 3.59. The number of amides is 1. The van der Waals surface area contributed by atoms with Crippen molar-refractivity contribution in [2.45, 2.75) is 26.3 Å². The van der Waals surface area contributed by atoms with Gasteiger partial charge in [0.25, 0.3) is 5.69 Å². The van der Waals surface area contributed by atoms with Gasteiger partial charge >= 0.3 is 0 Å². The molecule has 0 spiro atoms. The maximum Gasteiger partial charge on any atom is 0.276 e. The summed E-state index contributed by atoms with van der Waals surface area (Å²) in [4.78, 5) is 33.2. The molecule has 0 aliphatic rings. The smallest absolute Gasteiger partial charge is 0.276 e. The van der Waals surface area contributed by atoms with Gasteiger partial charge in [0.1, 0.15) is 0 Å². The predicted molar refractivity (Wildman–Crippen MR) is 75.0 cm³/mol. The van der Waals surface area contributed by atoms with Crippen LogP contribution >= 0.6 is 0 Å². The normalized spacial score (nSPS) is 10.8. The molecule has 0 aliphatic heterocycles. The molecule has 0 aliphatic carbocycles. The van der Waals surface area contributed by atoms with Gasteiger partial charge in [-0.15, -0.1) is 0 Å². The summed E-state index contributed by atoms with van der Waals surface area (Å²) in [7, 11) is 0. The maximum absolute atomic E-state index is 11.6. The highest BCUT2D eigenvalue weighted by atomic mass is 16.6. The van der Waals surface area contributed by atoms with Crippen molar-refractivity contribution in [2.24, 2.45) is 0 Å². The molecule has 0 heterocycles. The Bertz CT molecular complexity index is 550. The molecule has 0 bridgehead atoms. The fraction of sp³-hybridized carbons (Fsp3) is 0.286. The molecule has 1 N–H and O–H groups in total. The number of rotatable bonds is 6. The van der Waals surface area contributed by atoms with E-state index in [1.165, 1.54) is 24.3 Å². The summed E-state index contributed by atoms with van der Waals surface area (Å²) in [6, 6.07) is 6.05. The molecular formula is C14H16N2O4. The molecule has 0 saturated carbocycles. The number of hydrogen-bond acceptors (Lipinski definition) is 4. The number of allylic oxidation sites excluding steroid dienone is 1. The summed E-state index contributed by atoms with van der Waals surface area (Å²) in [5.41, 5.74) is 0.248. The molecule has 1 rings (SSSR count). The lowest BCUT2D eigenvalue weighted by atomic mass is 10.1. The summed E-state index contributed by atoms with van der Waals surface area (Å²) in [5, 5.41) is 13.4. The number of nitro benzene ring substituents is 1. The van der Waals surface area contributed by atoms with Gasteiger partial charge in [0, 0.05) is 12.1 Å². The SMILES string of the molecule is CC(C)NC(=O)CC(=O)C=Cc1ccccc1[N+](=O)[O-]. The number of nitro groups is 1. The minimum Gasteiger partial charge on any atom is -0.354 e. The highest BCUT2D eigenvalue weighted by Crippen LogP contribution is 2.18. The van der Waals surface area contributed by atoms with Gasteiger partial charge in [0.15, 0.2) is 5.78 Å². The molecular weight excluding hydrogens is 260 g/mol.